The van der Waals surface area contributed by atoms with Gasteiger partial charge in [-0.1, -0.05) is 17.5 Å². The van der Waals surface area contributed by atoms with Crippen molar-refractivity contribution in [3.63, 3.8) is 0 Å². The second kappa shape index (κ2) is 5.89. The quantitative estimate of drug-likeness (QED) is 0.290. The molecule has 0 fully saturated rings. The fourth-order valence-electron chi connectivity index (χ4n) is 1.14. The second-order valence-corrected chi connectivity index (χ2v) is 3.55. The minimum absolute atomic E-state index is 0.113. The number of ether oxygens (including phenoxy) is 1. The maximum atomic E-state index is 11.0. The molecule has 0 atom stereocenters. The average Bonchev–Trinajstić information content (AvgIpc) is 2.30. The highest BCUT2D eigenvalue weighted by atomic mass is 35.5. The number of nitrogens with zero attached hydrogens (tertiary/aromatic N) is 1. The maximum Gasteiger partial charge on any atom is 0.384 e. The molecule has 0 aliphatic rings. The first kappa shape index (κ1) is 13.8. The van der Waals surface area contributed by atoms with Crippen LogP contribution >= 0.6 is 11.6 Å². The van der Waals surface area contributed by atoms with Crippen LogP contribution in [0.3, 0.4) is 0 Å². The van der Waals surface area contributed by atoms with Crippen molar-refractivity contribution in [3.8, 4) is 11.8 Å². The highest BCUT2D eigenvalue weighted by molar-refractivity contribution is 6.31. The summed E-state index contributed by atoms with van der Waals surface area (Å²) in [5.41, 5.74) is 5.18. The number of nitrogens with two attached hydrogens (primary N) is 1. The zero-order valence-electron chi connectivity index (χ0n) is 9.40. The molecule has 94 valence electrons. The van der Waals surface area contributed by atoms with Crippen molar-refractivity contribution in [2.75, 3.05) is 12.3 Å². The van der Waals surface area contributed by atoms with Crippen LogP contribution < -0.4 is 5.73 Å². The van der Waals surface area contributed by atoms with E-state index < -0.39 is 10.9 Å². The Bertz CT molecular complexity index is 560. The van der Waals surface area contributed by atoms with Crippen molar-refractivity contribution in [2.24, 2.45) is 0 Å². The summed E-state index contributed by atoms with van der Waals surface area (Å²) in [6.07, 6.45) is 0. The molecule has 0 amide bonds. The number of anilines is 1. The Hall–Kier alpha value is -2.26. The fraction of sp³-hybridized carbons (Fsp3) is 0.182. The van der Waals surface area contributed by atoms with Crippen LogP contribution in [0.4, 0.5) is 11.4 Å². The van der Waals surface area contributed by atoms with E-state index in [1.165, 1.54) is 6.07 Å². The SMILES string of the molecule is CCOC(=O)C#Cc1cc(Cl)cc([N+](=O)[O-])c1N. The van der Waals surface area contributed by atoms with E-state index in [4.69, 9.17) is 17.3 Å². The maximum absolute atomic E-state index is 11.0. The Morgan fingerprint density at radius 1 is 1.61 bits per heavy atom. The topological polar surface area (TPSA) is 95.5 Å². The lowest BCUT2D eigenvalue weighted by Crippen LogP contribution is -2.01. The number of nitrogen functional groups attached to an aromatic ring is 1. The Labute approximate surface area is 108 Å². The van der Waals surface area contributed by atoms with Gasteiger partial charge >= 0.3 is 5.97 Å². The molecular weight excluding hydrogens is 260 g/mol. The molecule has 1 aromatic carbocycles. The molecule has 0 bridgehead atoms. The van der Waals surface area contributed by atoms with E-state index in [-0.39, 0.29) is 28.6 Å². The van der Waals surface area contributed by atoms with Crippen LogP contribution in [0.5, 0.6) is 0 Å². The lowest BCUT2D eigenvalue weighted by molar-refractivity contribution is -0.383. The number of carbonyl (C=O) groups excluding carboxylic acids is 1. The molecule has 0 heterocycles. The molecule has 18 heavy (non-hydrogen) atoms. The molecule has 0 unspecified atom stereocenters. The first-order valence-electron chi connectivity index (χ1n) is 4.88. The van der Waals surface area contributed by atoms with E-state index in [1.54, 1.807) is 6.92 Å². The van der Waals surface area contributed by atoms with Gasteiger partial charge in [0.05, 0.1) is 17.1 Å². The summed E-state index contributed by atoms with van der Waals surface area (Å²) in [5, 5.41) is 10.8. The number of hydrogen-bond donors (Lipinski definition) is 1. The van der Waals surface area contributed by atoms with Crippen LogP contribution in [0.2, 0.25) is 5.02 Å². The van der Waals surface area contributed by atoms with E-state index in [9.17, 15) is 14.9 Å². The lowest BCUT2D eigenvalue weighted by Gasteiger charge is -2.01. The third kappa shape index (κ3) is 3.37. The monoisotopic (exact) mass is 268 g/mol. The normalized spacial score (nSPS) is 9.22. The molecule has 0 aliphatic heterocycles. The zero-order chi connectivity index (χ0) is 13.7. The second-order valence-electron chi connectivity index (χ2n) is 3.11. The van der Waals surface area contributed by atoms with Crippen LogP contribution in [-0.2, 0) is 9.53 Å². The largest absolute Gasteiger partial charge is 0.456 e. The van der Waals surface area contributed by atoms with Gasteiger partial charge in [0.2, 0.25) is 0 Å². The fourth-order valence-corrected chi connectivity index (χ4v) is 1.36. The molecule has 0 aromatic heterocycles. The van der Waals surface area contributed by atoms with Crippen LogP contribution in [0.1, 0.15) is 12.5 Å². The van der Waals surface area contributed by atoms with Gasteiger partial charge in [0, 0.05) is 17.0 Å². The average molecular weight is 269 g/mol. The summed E-state index contributed by atoms with van der Waals surface area (Å²) >= 11 is 5.70. The van der Waals surface area contributed by atoms with Crippen molar-refractivity contribution >= 4 is 28.9 Å². The summed E-state index contributed by atoms with van der Waals surface area (Å²) in [6, 6.07) is 2.46. The Balaban J connectivity index is 3.17. The van der Waals surface area contributed by atoms with Crippen LogP contribution in [0.25, 0.3) is 0 Å². The van der Waals surface area contributed by atoms with Crippen LogP contribution in [0, 0.1) is 22.0 Å². The van der Waals surface area contributed by atoms with Crippen molar-refractivity contribution < 1.29 is 14.5 Å². The molecule has 0 saturated heterocycles. The van der Waals surface area contributed by atoms with Gasteiger partial charge in [-0.15, -0.1) is 0 Å². The number of carbonyl (C=O) groups is 1. The molecule has 7 heteroatoms. The minimum atomic E-state index is -0.737. The lowest BCUT2D eigenvalue weighted by atomic mass is 10.1. The Kier molecular flexibility index (Phi) is 4.52. The van der Waals surface area contributed by atoms with Crippen molar-refractivity contribution in [1.82, 2.24) is 0 Å². The standard InChI is InChI=1S/C11H9ClN2O4/c1-2-18-10(15)4-3-7-5-8(12)6-9(11(7)13)14(16)17/h5-6H,2,13H2,1H3. The van der Waals surface area contributed by atoms with E-state index in [0.29, 0.717) is 0 Å². The first-order chi connectivity index (χ1) is 8.45. The number of rotatable bonds is 2. The summed E-state index contributed by atoms with van der Waals surface area (Å²) in [4.78, 5) is 21.1. The number of benzene rings is 1. The van der Waals surface area contributed by atoms with Crippen molar-refractivity contribution in [3.05, 3.63) is 32.8 Å². The molecule has 1 rings (SSSR count). The summed E-state index contributed by atoms with van der Waals surface area (Å²) in [7, 11) is 0. The number of nitro benzene ring substituents is 1. The minimum Gasteiger partial charge on any atom is -0.456 e. The molecule has 0 aliphatic carbocycles. The predicted octanol–water partition coefficient (Wildman–Crippen LogP) is 1.75. The highest BCUT2D eigenvalue weighted by Crippen LogP contribution is 2.28. The van der Waals surface area contributed by atoms with E-state index in [2.05, 4.69) is 16.6 Å². The van der Waals surface area contributed by atoms with Crippen molar-refractivity contribution in [1.29, 1.82) is 0 Å². The van der Waals surface area contributed by atoms with E-state index in [1.807, 2.05) is 0 Å². The number of halogens is 1. The predicted molar refractivity (Wildman–Crippen MR) is 66.0 cm³/mol. The van der Waals surface area contributed by atoms with Gasteiger partial charge in [-0.3, -0.25) is 10.1 Å². The smallest absolute Gasteiger partial charge is 0.384 e. The first-order valence-corrected chi connectivity index (χ1v) is 5.25. The van der Waals surface area contributed by atoms with Gasteiger partial charge in [-0.25, -0.2) is 4.79 Å². The Morgan fingerprint density at radius 3 is 2.83 bits per heavy atom. The van der Waals surface area contributed by atoms with Gasteiger partial charge < -0.3 is 10.5 Å². The molecule has 1 aromatic rings. The molecular formula is C11H9ClN2O4. The third-order valence-electron chi connectivity index (χ3n) is 1.89. The van der Waals surface area contributed by atoms with Gasteiger partial charge in [0.1, 0.15) is 5.69 Å². The van der Waals surface area contributed by atoms with Crippen LogP contribution in [-0.4, -0.2) is 17.5 Å². The van der Waals surface area contributed by atoms with E-state index >= 15 is 0 Å². The molecule has 0 saturated carbocycles. The highest BCUT2D eigenvalue weighted by Gasteiger charge is 2.15. The van der Waals surface area contributed by atoms with Gasteiger partial charge in [0.25, 0.3) is 5.69 Å². The molecule has 0 spiro atoms. The molecule has 6 nitrogen and oxygen atoms in total. The van der Waals surface area contributed by atoms with Crippen LogP contribution in [0.15, 0.2) is 12.1 Å². The van der Waals surface area contributed by atoms with Crippen molar-refractivity contribution in [2.45, 2.75) is 6.92 Å². The Morgan fingerprint density at radius 2 is 2.28 bits per heavy atom. The van der Waals surface area contributed by atoms with Gasteiger partial charge in [-0.05, 0) is 13.0 Å². The van der Waals surface area contributed by atoms with Gasteiger partial charge in [-0.2, -0.15) is 0 Å². The summed E-state index contributed by atoms with van der Waals surface area (Å²) < 4.78 is 4.59. The van der Waals surface area contributed by atoms with E-state index in [0.717, 1.165) is 6.07 Å². The number of nitro groups is 1. The summed E-state index contributed by atoms with van der Waals surface area (Å²) in [5.74, 6) is 3.82. The summed E-state index contributed by atoms with van der Waals surface area (Å²) in [6.45, 7) is 1.83. The third-order valence-corrected chi connectivity index (χ3v) is 2.11. The molecule has 0 radical (unpaired) electrons. The number of esters is 1. The molecule has 2 N–H and O–H groups in total. The van der Waals surface area contributed by atoms with Gasteiger partial charge in [0.15, 0.2) is 0 Å². The number of hydrogen-bond acceptors (Lipinski definition) is 5. The zero-order valence-corrected chi connectivity index (χ0v) is 10.2.